The molecule has 14 heavy (non-hydrogen) atoms. The zero-order chi connectivity index (χ0) is 10.8. The van der Waals surface area contributed by atoms with Crippen molar-refractivity contribution in [1.29, 1.82) is 0 Å². The summed E-state index contributed by atoms with van der Waals surface area (Å²) in [5.74, 6) is -0.852. The Hall–Kier alpha value is -0.290. The van der Waals surface area contributed by atoms with Crippen molar-refractivity contribution in [3.05, 3.63) is 0 Å². The minimum Gasteiger partial charge on any atom is -0.330 e. The number of halogens is 3. The zero-order valence-corrected chi connectivity index (χ0v) is 8.35. The lowest BCUT2D eigenvalue weighted by atomic mass is 10.1. The van der Waals surface area contributed by atoms with E-state index in [1.54, 1.807) is 0 Å². The van der Waals surface area contributed by atoms with Gasteiger partial charge in [0.1, 0.15) is 0 Å². The molecule has 5 heteroatoms. The summed E-state index contributed by atoms with van der Waals surface area (Å²) >= 11 is 0. The molecule has 1 aliphatic rings. The Morgan fingerprint density at radius 2 is 2.14 bits per heavy atom. The van der Waals surface area contributed by atoms with Crippen molar-refractivity contribution >= 4 is 0 Å². The van der Waals surface area contributed by atoms with Crippen LogP contribution in [0.25, 0.3) is 0 Å². The standard InChI is InChI=1S/C9H17F3N2/c1-7-2-3-14(5-7)6-8(4-13)9(10,11)12/h7-8H,2-6,13H2,1H3. The lowest BCUT2D eigenvalue weighted by Gasteiger charge is -2.24. The van der Waals surface area contributed by atoms with Crippen LogP contribution in [0.3, 0.4) is 0 Å². The number of nitrogens with zero attached hydrogens (tertiary/aromatic N) is 1. The number of likely N-dealkylation sites (tertiary alicyclic amines) is 1. The van der Waals surface area contributed by atoms with Crippen molar-refractivity contribution in [3.8, 4) is 0 Å². The van der Waals surface area contributed by atoms with Gasteiger partial charge in [0.25, 0.3) is 0 Å². The Balaban J connectivity index is 2.41. The van der Waals surface area contributed by atoms with Crippen LogP contribution in [0.15, 0.2) is 0 Å². The van der Waals surface area contributed by atoms with Gasteiger partial charge in [-0.3, -0.25) is 0 Å². The molecule has 1 saturated heterocycles. The van der Waals surface area contributed by atoms with Gasteiger partial charge < -0.3 is 10.6 Å². The van der Waals surface area contributed by atoms with Crippen LogP contribution < -0.4 is 5.73 Å². The second kappa shape index (κ2) is 4.49. The average molecular weight is 210 g/mol. The number of nitrogens with two attached hydrogens (primary N) is 1. The van der Waals surface area contributed by atoms with E-state index in [4.69, 9.17) is 5.73 Å². The van der Waals surface area contributed by atoms with Crippen LogP contribution in [0.4, 0.5) is 13.2 Å². The van der Waals surface area contributed by atoms with Crippen LogP contribution in [0.5, 0.6) is 0 Å². The highest BCUT2D eigenvalue weighted by atomic mass is 19.4. The largest absolute Gasteiger partial charge is 0.394 e. The van der Waals surface area contributed by atoms with Crippen molar-refractivity contribution in [2.75, 3.05) is 26.2 Å². The lowest BCUT2D eigenvalue weighted by Crippen LogP contribution is -2.40. The molecule has 0 spiro atoms. The van der Waals surface area contributed by atoms with Gasteiger partial charge in [0.2, 0.25) is 0 Å². The Labute approximate surface area is 82.2 Å². The molecular formula is C9H17F3N2. The van der Waals surface area contributed by atoms with Gasteiger partial charge in [0, 0.05) is 19.6 Å². The van der Waals surface area contributed by atoms with E-state index in [0.717, 1.165) is 19.5 Å². The van der Waals surface area contributed by atoms with Crippen molar-refractivity contribution in [2.24, 2.45) is 17.6 Å². The van der Waals surface area contributed by atoms with Gasteiger partial charge >= 0.3 is 6.18 Å². The predicted molar refractivity (Wildman–Crippen MR) is 48.8 cm³/mol. The summed E-state index contributed by atoms with van der Waals surface area (Å²) in [6, 6.07) is 0. The molecule has 2 nitrogen and oxygen atoms in total. The van der Waals surface area contributed by atoms with Crippen LogP contribution in [0, 0.1) is 11.8 Å². The first kappa shape index (κ1) is 11.8. The number of hydrogen-bond acceptors (Lipinski definition) is 2. The van der Waals surface area contributed by atoms with Crippen molar-refractivity contribution in [3.63, 3.8) is 0 Å². The first-order valence-corrected chi connectivity index (χ1v) is 4.92. The molecule has 1 heterocycles. The highest BCUT2D eigenvalue weighted by molar-refractivity contribution is 4.78. The molecule has 0 radical (unpaired) electrons. The van der Waals surface area contributed by atoms with Crippen molar-refractivity contribution < 1.29 is 13.2 Å². The first-order valence-electron chi connectivity index (χ1n) is 4.92. The van der Waals surface area contributed by atoms with E-state index in [9.17, 15) is 13.2 Å². The smallest absolute Gasteiger partial charge is 0.330 e. The van der Waals surface area contributed by atoms with E-state index >= 15 is 0 Å². The van der Waals surface area contributed by atoms with E-state index in [2.05, 4.69) is 6.92 Å². The third kappa shape index (κ3) is 3.13. The molecule has 1 aliphatic heterocycles. The summed E-state index contributed by atoms with van der Waals surface area (Å²) in [5, 5.41) is 0. The minimum absolute atomic E-state index is 0.0599. The van der Waals surface area contributed by atoms with E-state index in [1.165, 1.54) is 0 Å². The third-order valence-electron chi connectivity index (χ3n) is 2.73. The zero-order valence-electron chi connectivity index (χ0n) is 8.35. The van der Waals surface area contributed by atoms with Gasteiger partial charge in [-0.1, -0.05) is 6.92 Å². The quantitative estimate of drug-likeness (QED) is 0.764. The summed E-state index contributed by atoms with van der Waals surface area (Å²) in [6.07, 6.45) is -3.16. The van der Waals surface area contributed by atoms with Crippen LogP contribution in [0.2, 0.25) is 0 Å². The Bertz CT molecular complexity index is 181. The van der Waals surface area contributed by atoms with Gasteiger partial charge in [-0.2, -0.15) is 13.2 Å². The van der Waals surface area contributed by atoms with Crippen LogP contribution in [0.1, 0.15) is 13.3 Å². The summed E-state index contributed by atoms with van der Waals surface area (Å²) in [4.78, 5) is 1.86. The van der Waals surface area contributed by atoms with E-state index in [0.29, 0.717) is 5.92 Å². The second-order valence-electron chi connectivity index (χ2n) is 4.13. The highest BCUT2D eigenvalue weighted by Gasteiger charge is 2.40. The molecule has 0 saturated carbocycles. The van der Waals surface area contributed by atoms with Gasteiger partial charge in [-0.25, -0.2) is 0 Å². The summed E-state index contributed by atoms with van der Waals surface area (Å²) < 4.78 is 37.1. The molecule has 84 valence electrons. The highest BCUT2D eigenvalue weighted by Crippen LogP contribution is 2.27. The van der Waals surface area contributed by atoms with Crippen molar-refractivity contribution in [1.82, 2.24) is 4.90 Å². The molecule has 2 atom stereocenters. The van der Waals surface area contributed by atoms with Crippen LogP contribution in [-0.2, 0) is 0 Å². The SMILES string of the molecule is CC1CCN(CC(CN)C(F)(F)F)C1. The molecule has 2 unspecified atom stereocenters. The lowest BCUT2D eigenvalue weighted by molar-refractivity contribution is -0.175. The van der Waals surface area contributed by atoms with E-state index in [-0.39, 0.29) is 13.1 Å². The molecular weight excluding hydrogens is 193 g/mol. The predicted octanol–water partition coefficient (Wildman–Crippen LogP) is 1.47. The molecule has 0 aromatic rings. The molecule has 1 rings (SSSR count). The topological polar surface area (TPSA) is 29.3 Å². The Morgan fingerprint density at radius 1 is 1.50 bits per heavy atom. The monoisotopic (exact) mass is 210 g/mol. The average Bonchev–Trinajstić information content (AvgIpc) is 2.45. The fourth-order valence-corrected chi connectivity index (χ4v) is 1.82. The number of rotatable bonds is 3. The van der Waals surface area contributed by atoms with Crippen LogP contribution in [-0.4, -0.2) is 37.3 Å². The molecule has 1 fully saturated rings. The summed E-state index contributed by atoms with van der Waals surface area (Å²) in [6.45, 7) is 3.35. The fourth-order valence-electron chi connectivity index (χ4n) is 1.82. The first-order chi connectivity index (χ1) is 6.43. The van der Waals surface area contributed by atoms with E-state index in [1.807, 2.05) is 4.90 Å². The molecule has 0 bridgehead atoms. The van der Waals surface area contributed by atoms with E-state index < -0.39 is 12.1 Å². The molecule has 0 amide bonds. The maximum absolute atomic E-state index is 12.4. The van der Waals surface area contributed by atoms with Gasteiger partial charge in [0.15, 0.2) is 0 Å². The summed E-state index contributed by atoms with van der Waals surface area (Å²) in [5.41, 5.74) is 5.13. The number of alkyl halides is 3. The Morgan fingerprint density at radius 3 is 2.50 bits per heavy atom. The fraction of sp³-hybridized carbons (Fsp3) is 1.00. The molecule has 0 aromatic heterocycles. The van der Waals surface area contributed by atoms with Gasteiger partial charge in [-0.05, 0) is 18.9 Å². The van der Waals surface area contributed by atoms with Gasteiger partial charge in [0.05, 0.1) is 5.92 Å². The second-order valence-corrected chi connectivity index (χ2v) is 4.13. The normalized spacial score (nSPS) is 26.8. The molecule has 2 N–H and O–H groups in total. The van der Waals surface area contributed by atoms with Gasteiger partial charge in [-0.15, -0.1) is 0 Å². The molecule has 0 aromatic carbocycles. The number of hydrogen-bond donors (Lipinski definition) is 1. The maximum atomic E-state index is 12.4. The Kier molecular flexibility index (Phi) is 3.78. The third-order valence-corrected chi connectivity index (χ3v) is 2.73. The van der Waals surface area contributed by atoms with Crippen molar-refractivity contribution in [2.45, 2.75) is 19.5 Å². The summed E-state index contributed by atoms with van der Waals surface area (Å²) in [7, 11) is 0. The van der Waals surface area contributed by atoms with Crippen LogP contribution >= 0.6 is 0 Å². The minimum atomic E-state index is -4.15. The molecule has 0 aliphatic carbocycles. The maximum Gasteiger partial charge on any atom is 0.394 e.